The third-order valence-electron chi connectivity index (χ3n) is 10.3. The summed E-state index contributed by atoms with van der Waals surface area (Å²) in [6.07, 6.45) is 48.9. The molecule has 0 heterocycles. The number of carbonyl (C=O) groups excluding carboxylic acids is 2. The van der Waals surface area contributed by atoms with E-state index in [1.54, 1.807) is 0 Å². The van der Waals surface area contributed by atoms with Crippen molar-refractivity contribution in [1.29, 1.82) is 0 Å². The topological polar surface area (TPSA) is 95.9 Å². The fourth-order valence-electron chi connectivity index (χ4n) is 6.73. The zero-order valence-corrected chi connectivity index (χ0v) is 35.6. The first kappa shape index (κ1) is 51.8. The first-order valence-electron chi connectivity index (χ1n) is 22.9. The Labute approximate surface area is 334 Å². The zero-order chi connectivity index (χ0) is 39.6. The van der Waals surface area contributed by atoms with Gasteiger partial charge in [-0.2, -0.15) is 0 Å². The highest BCUT2D eigenvalue weighted by molar-refractivity contribution is 5.77. The van der Waals surface area contributed by atoms with Gasteiger partial charge in [-0.3, -0.25) is 9.59 Å². The smallest absolute Gasteiger partial charge is 0.306 e. The Balaban J connectivity index is 4.47. The molecule has 0 aliphatic heterocycles. The number of rotatable bonds is 40. The second kappa shape index (κ2) is 42.0. The summed E-state index contributed by atoms with van der Waals surface area (Å²) in [6.45, 7) is 6.38. The lowest BCUT2D eigenvalue weighted by Crippen LogP contribution is -2.46. The van der Waals surface area contributed by atoms with E-state index in [9.17, 15) is 19.8 Å². The third kappa shape index (κ3) is 36.8. The summed E-state index contributed by atoms with van der Waals surface area (Å²) in [5, 5.41) is 23.5. The van der Waals surface area contributed by atoms with Crippen LogP contribution in [0.4, 0.5) is 0 Å². The van der Waals surface area contributed by atoms with Crippen LogP contribution in [-0.4, -0.2) is 46.9 Å². The van der Waals surface area contributed by atoms with Crippen molar-refractivity contribution in [2.45, 2.75) is 238 Å². The highest BCUT2D eigenvalue weighted by Crippen LogP contribution is 2.17. The maximum atomic E-state index is 13.1. The molecule has 0 saturated carbocycles. The van der Waals surface area contributed by atoms with Crippen LogP contribution in [0, 0.1) is 0 Å². The second-order valence-electron chi connectivity index (χ2n) is 15.5. The lowest BCUT2D eigenvalue weighted by atomic mass is 10.0. The fourth-order valence-corrected chi connectivity index (χ4v) is 6.73. The molecule has 0 aromatic carbocycles. The van der Waals surface area contributed by atoms with E-state index >= 15 is 0 Å². The van der Waals surface area contributed by atoms with Gasteiger partial charge in [-0.25, -0.2) is 0 Å². The average Bonchev–Trinajstić information content (AvgIpc) is 3.16. The van der Waals surface area contributed by atoms with E-state index in [0.29, 0.717) is 19.3 Å². The van der Waals surface area contributed by atoms with Crippen molar-refractivity contribution in [3.63, 3.8) is 0 Å². The number of aliphatic hydroxyl groups is 2. The Morgan fingerprint density at radius 2 is 0.944 bits per heavy atom. The zero-order valence-electron chi connectivity index (χ0n) is 35.6. The molecule has 0 aromatic rings. The fraction of sp³-hybridized carbons (Fsp3) is 0.792. The highest BCUT2D eigenvalue weighted by atomic mass is 16.5. The number of esters is 1. The SMILES string of the molecule is CCCCC/C=C/C=C/C=C/C=C/CCCCCCCC(=O)OC(CCCCCCCCC)CC(=O)NC(CO)C(O)CCCCCCCCCCCC. The summed E-state index contributed by atoms with van der Waals surface area (Å²) < 4.78 is 5.87. The molecule has 0 spiro atoms. The minimum atomic E-state index is -0.787. The van der Waals surface area contributed by atoms with E-state index in [0.717, 1.165) is 83.5 Å². The Morgan fingerprint density at radius 3 is 1.46 bits per heavy atom. The van der Waals surface area contributed by atoms with Crippen molar-refractivity contribution < 1.29 is 24.5 Å². The maximum Gasteiger partial charge on any atom is 0.306 e. The molecule has 314 valence electrons. The van der Waals surface area contributed by atoms with Crippen molar-refractivity contribution in [2.24, 2.45) is 0 Å². The molecule has 0 aliphatic carbocycles. The lowest BCUT2D eigenvalue weighted by Gasteiger charge is -2.24. The molecule has 0 radical (unpaired) electrons. The van der Waals surface area contributed by atoms with Crippen LogP contribution in [0.1, 0.15) is 220 Å². The average molecular weight is 758 g/mol. The van der Waals surface area contributed by atoms with Gasteiger partial charge in [0.25, 0.3) is 0 Å². The molecule has 0 aromatic heterocycles. The van der Waals surface area contributed by atoms with Gasteiger partial charge in [0.15, 0.2) is 0 Å². The molecule has 3 unspecified atom stereocenters. The number of hydrogen-bond donors (Lipinski definition) is 3. The molecule has 0 rings (SSSR count). The Morgan fingerprint density at radius 1 is 0.537 bits per heavy atom. The second-order valence-corrected chi connectivity index (χ2v) is 15.5. The van der Waals surface area contributed by atoms with Crippen LogP contribution in [0.2, 0.25) is 0 Å². The van der Waals surface area contributed by atoms with Crippen LogP contribution in [-0.2, 0) is 14.3 Å². The predicted molar refractivity (Wildman–Crippen MR) is 232 cm³/mol. The molecule has 6 nitrogen and oxygen atoms in total. The number of allylic oxidation sites excluding steroid dienone is 8. The maximum absolute atomic E-state index is 13.1. The van der Waals surface area contributed by atoms with E-state index in [-0.39, 0.29) is 24.9 Å². The van der Waals surface area contributed by atoms with Crippen molar-refractivity contribution in [1.82, 2.24) is 5.32 Å². The Kier molecular flexibility index (Phi) is 40.3. The van der Waals surface area contributed by atoms with Gasteiger partial charge >= 0.3 is 5.97 Å². The molecule has 6 heteroatoms. The normalized spacial score (nSPS) is 13.8. The van der Waals surface area contributed by atoms with Gasteiger partial charge in [0.05, 0.1) is 25.2 Å². The van der Waals surface area contributed by atoms with Crippen LogP contribution < -0.4 is 5.32 Å². The predicted octanol–water partition coefficient (Wildman–Crippen LogP) is 13.1. The number of nitrogens with one attached hydrogen (secondary N) is 1. The van der Waals surface area contributed by atoms with Crippen LogP contribution in [0.5, 0.6) is 0 Å². The minimum absolute atomic E-state index is 0.0677. The first-order chi connectivity index (χ1) is 26.5. The van der Waals surface area contributed by atoms with Crippen molar-refractivity contribution in [2.75, 3.05) is 6.61 Å². The molecule has 1 amide bonds. The largest absolute Gasteiger partial charge is 0.462 e. The third-order valence-corrected chi connectivity index (χ3v) is 10.3. The van der Waals surface area contributed by atoms with Gasteiger partial charge in [0.2, 0.25) is 5.91 Å². The van der Waals surface area contributed by atoms with E-state index in [2.05, 4.69) is 74.7 Å². The van der Waals surface area contributed by atoms with Gasteiger partial charge in [-0.1, -0.05) is 204 Å². The van der Waals surface area contributed by atoms with Crippen LogP contribution in [0.25, 0.3) is 0 Å². The van der Waals surface area contributed by atoms with Gasteiger partial charge < -0.3 is 20.3 Å². The molecule has 3 atom stereocenters. The molecule has 0 saturated heterocycles. The van der Waals surface area contributed by atoms with E-state index in [4.69, 9.17) is 4.74 Å². The molecule has 0 aliphatic rings. The minimum Gasteiger partial charge on any atom is -0.462 e. The van der Waals surface area contributed by atoms with Crippen molar-refractivity contribution in [3.05, 3.63) is 48.6 Å². The standard InChI is InChI=1S/C48H87NO5/c1-4-7-10-13-16-18-20-21-22-23-24-25-26-27-29-32-35-38-41-48(53)54-44(39-36-33-30-15-12-9-6-3)42-47(52)49-45(43-50)46(51)40-37-34-31-28-19-17-14-11-8-5-2/h16,18,20-25,44-46,50-51H,4-15,17,19,26-43H2,1-3H3,(H,49,52)/b18-16+,21-20+,23-22+,25-24+. The van der Waals surface area contributed by atoms with Gasteiger partial charge in [-0.05, 0) is 51.4 Å². The monoisotopic (exact) mass is 758 g/mol. The molecule has 0 fully saturated rings. The molecular weight excluding hydrogens is 671 g/mol. The van der Waals surface area contributed by atoms with Crippen LogP contribution in [0.3, 0.4) is 0 Å². The van der Waals surface area contributed by atoms with Crippen molar-refractivity contribution in [3.8, 4) is 0 Å². The number of unbranched alkanes of at least 4 members (excludes halogenated alkanes) is 23. The van der Waals surface area contributed by atoms with Crippen LogP contribution >= 0.6 is 0 Å². The quantitative estimate of drug-likeness (QED) is 0.0329. The number of ether oxygens (including phenoxy) is 1. The van der Waals surface area contributed by atoms with Crippen molar-refractivity contribution >= 4 is 11.9 Å². The number of amides is 1. The summed E-state index contributed by atoms with van der Waals surface area (Å²) >= 11 is 0. The van der Waals surface area contributed by atoms with Gasteiger partial charge in [-0.15, -0.1) is 0 Å². The Bertz CT molecular complexity index is 941. The van der Waals surface area contributed by atoms with E-state index in [1.807, 2.05) is 0 Å². The lowest BCUT2D eigenvalue weighted by molar-refractivity contribution is -0.151. The van der Waals surface area contributed by atoms with Gasteiger partial charge in [0.1, 0.15) is 6.10 Å². The summed E-state index contributed by atoms with van der Waals surface area (Å²) in [5.74, 6) is -0.505. The summed E-state index contributed by atoms with van der Waals surface area (Å²) in [6, 6.07) is -0.701. The van der Waals surface area contributed by atoms with E-state index < -0.39 is 18.2 Å². The molecule has 54 heavy (non-hydrogen) atoms. The molecule has 0 bridgehead atoms. The summed E-state index contributed by atoms with van der Waals surface area (Å²) in [4.78, 5) is 25.9. The van der Waals surface area contributed by atoms with Gasteiger partial charge in [0, 0.05) is 6.42 Å². The van der Waals surface area contributed by atoms with E-state index in [1.165, 1.54) is 89.9 Å². The van der Waals surface area contributed by atoms with Crippen LogP contribution in [0.15, 0.2) is 48.6 Å². The summed E-state index contributed by atoms with van der Waals surface area (Å²) in [5.41, 5.74) is 0. The highest BCUT2D eigenvalue weighted by Gasteiger charge is 2.24. The molecule has 3 N–H and O–H groups in total. The molecular formula is C48H87NO5. The first-order valence-corrected chi connectivity index (χ1v) is 22.9. The number of hydrogen-bond acceptors (Lipinski definition) is 5. The Hall–Kier alpha value is -2.18. The number of aliphatic hydroxyl groups excluding tert-OH is 2. The summed E-state index contributed by atoms with van der Waals surface area (Å²) in [7, 11) is 0. The number of carbonyl (C=O) groups is 2.